The van der Waals surface area contributed by atoms with Gasteiger partial charge in [0.2, 0.25) is 5.91 Å². The van der Waals surface area contributed by atoms with Crippen LogP contribution in [0.4, 0.5) is 4.79 Å². The third-order valence-corrected chi connectivity index (χ3v) is 6.20. The van der Waals surface area contributed by atoms with E-state index in [0.29, 0.717) is 9.93 Å². The number of nitrogens with one attached hydrogen (secondary N) is 2. The van der Waals surface area contributed by atoms with E-state index >= 15 is 0 Å². The summed E-state index contributed by atoms with van der Waals surface area (Å²) >= 11 is 6.94. The van der Waals surface area contributed by atoms with Crippen LogP contribution in [0.25, 0.3) is 6.08 Å². The summed E-state index contributed by atoms with van der Waals surface area (Å²) in [6.07, 6.45) is 1.67. The summed E-state index contributed by atoms with van der Waals surface area (Å²) < 4.78 is 0. The van der Waals surface area contributed by atoms with E-state index < -0.39 is 23.8 Å². The van der Waals surface area contributed by atoms with Crippen molar-refractivity contribution < 1.29 is 19.2 Å². The average molecular weight is 486 g/mol. The third kappa shape index (κ3) is 6.24. The van der Waals surface area contributed by atoms with Crippen molar-refractivity contribution in [1.82, 2.24) is 15.5 Å². The molecule has 33 heavy (non-hydrogen) atoms. The molecule has 2 N–H and O–H groups in total. The van der Waals surface area contributed by atoms with Crippen LogP contribution in [0.5, 0.6) is 0 Å². The Labute approximate surface area is 201 Å². The maximum Gasteiger partial charge on any atom is 0.293 e. The molecule has 172 valence electrons. The molecule has 0 spiro atoms. The quantitative estimate of drug-likeness (QED) is 0.552. The van der Waals surface area contributed by atoms with Gasteiger partial charge in [0.25, 0.3) is 17.1 Å². The number of amides is 4. The highest BCUT2D eigenvalue weighted by Gasteiger charge is 2.35. The first-order chi connectivity index (χ1) is 15.8. The molecular formula is C24H24ClN3O4S. The molecule has 1 aliphatic rings. The Morgan fingerprint density at radius 1 is 1.06 bits per heavy atom. The number of thioether (sulfide) groups is 1. The number of hydrogen-bond donors (Lipinski definition) is 2. The van der Waals surface area contributed by atoms with E-state index in [2.05, 4.69) is 10.6 Å². The van der Waals surface area contributed by atoms with Gasteiger partial charge in [-0.2, -0.15) is 0 Å². The molecule has 0 aliphatic carbocycles. The Kier molecular flexibility index (Phi) is 8.30. The number of hydrogen-bond acceptors (Lipinski definition) is 5. The van der Waals surface area contributed by atoms with Crippen molar-refractivity contribution >= 4 is 52.4 Å². The molecule has 7 nitrogen and oxygen atoms in total. The smallest absolute Gasteiger partial charge is 0.293 e. The van der Waals surface area contributed by atoms with Gasteiger partial charge in [-0.1, -0.05) is 67.9 Å². The summed E-state index contributed by atoms with van der Waals surface area (Å²) in [5.41, 5.74) is 1.10. The topological polar surface area (TPSA) is 95.6 Å². The van der Waals surface area contributed by atoms with Crippen molar-refractivity contribution in [3.05, 3.63) is 75.7 Å². The van der Waals surface area contributed by atoms with Crippen molar-refractivity contribution in [2.75, 3.05) is 13.1 Å². The zero-order valence-electron chi connectivity index (χ0n) is 18.2. The molecule has 0 saturated carbocycles. The SMILES string of the molecule is CC(C)[C@H](NC(=O)c1ccccc1Cl)C(=O)NCCN1C(=O)S/C(=C\c2ccccc2)C1=O. The van der Waals surface area contributed by atoms with Crippen LogP contribution in [0.15, 0.2) is 59.5 Å². The first-order valence-electron chi connectivity index (χ1n) is 10.4. The number of carbonyl (C=O) groups excluding carboxylic acids is 4. The highest BCUT2D eigenvalue weighted by molar-refractivity contribution is 8.18. The van der Waals surface area contributed by atoms with Gasteiger partial charge in [0.05, 0.1) is 15.5 Å². The Morgan fingerprint density at radius 2 is 1.73 bits per heavy atom. The lowest BCUT2D eigenvalue weighted by Gasteiger charge is -2.22. The van der Waals surface area contributed by atoms with Gasteiger partial charge in [0.1, 0.15) is 6.04 Å². The van der Waals surface area contributed by atoms with Crippen molar-refractivity contribution in [3.8, 4) is 0 Å². The summed E-state index contributed by atoms with van der Waals surface area (Å²) in [6, 6.07) is 15.0. The van der Waals surface area contributed by atoms with Crippen LogP contribution in [-0.4, -0.2) is 47.0 Å². The normalized spacial score (nSPS) is 15.8. The second-order valence-electron chi connectivity index (χ2n) is 7.71. The van der Waals surface area contributed by atoms with Gasteiger partial charge in [-0.25, -0.2) is 0 Å². The summed E-state index contributed by atoms with van der Waals surface area (Å²) in [6.45, 7) is 3.72. The monoisotopic (exact) mass is 485 g/mol. The van der Waals surface area contributed by atoms with Crippen molar-refractivity contribution in [1.29, 1.82) is 0 Å². The largest absolute Gasteiger partial charge is 0.353 e. The first kappa shape index (κ1) is 24.5. The lowest BCUT2D eigenvalue weighted by atomic mass is 10.0. The average Bonchev–Trinajstić information content (AvgIpc) is 3.05. The van der Waals surface area contributed by atoms with E-state index in [1.54, 1.807) is 30.3 Å². The van der Waals surface area contributed by atoms with Crippen LogP contribution in [0.2, 0.25) is 5.02 Å². The molecule has 0 bridgehead atoms. The van der Waals surface area contributed by atoms with E-state index in [0.717, 1.165) is 22.2 Å². The molecule has 2 aromatic rings. The molecule has 1 aliphatic heterocycles. The van der Waals surface area contributed by atoms with Gasteiger partial charge >= 0.3 is 0 Å². The van der Waals surface area contributed by atoms with Gasteiger partial charge in [-0.3, -0.25) is 24.1 Å². The predicted octanol–water partition coefficient (Wildman–Crippen LogP) is 3.95. The second-order valence-corrected chi connectivity index (χ2v) is 9.11. The zero-order chi connectivity index (χ0) is 24.0. The lowest BCUT2D eigenvalue weighted by molar-refractivity contribution is -0.125. The predicted molar refractivity (Wildman–Crippen MR) is 130 cm³/mol. The van der Waals surface area contributed by atoms with Gasteiger partial charge < -0.3 is 10.6 Å². The van der Waals surface area contributed by atoms with E-state index in [1.807, 2.05) is 44.2 Å². The Balaban J connectivity index is 1.57. The zero-order valence-corrected chi connectivity index (χ0v) is 19.8. The van der Waals surface area contributed by atoms with E-state index in [4.69, 9.17) is 11.6 Å². The Bertz CT molecular complexity index is 1090. The third-order valence-electron chi connectivity index (χ3n) is 4.96. The number of benzene rings is 2. The minimum Gasteiger partial charge on any atom is -0.353 e. The molecule has 9 heteroatoms. The highest BCUT2D eigenvalue weighted by Crippen LogP contribution is 2.31. The minimum atomic E-state index is -0.804. The fourth-order valence-electron chi connectivity index (χ4n) is 3.19. The summed E-state index contributed by atoms with van der Waals surface area (Å²) in [4.78, 5) is 51.6. The van der Waals surface area contributed by atoms with E-state index in [1.165, 1.54) is 0 Å². The molecule has 0 radical (unpaired) electrons. The van der Waals surface area contributed by atoms with Crippen molar-refractivity contribution in [2.45, 2.75) is 19.9 Å². The number of carbonyl (C=O) groups is 4. The second kappa shape index (κ2) is 11.2. The molecule has 1 fully saturated rings. The van der Waals surface area contributed by atoms with Gasteiger partial charge in [-0.15, -0.1) is 0 Å². The molecule has 1 saturated heterocycles. The molecular weight excluding hydrogens is 462 g/mol. The summed E-state index contributed by atoms with van der Waals surface area (Å²) in [7, 11) is 0. The fourth-order valence-corrected chi connectivity index (χ4v) is 4.28. The van der Waals surface area contributed by atoms with Crippen LogP contribution in [0.1, 0.15) is 29.8 Å². The number of rotatable bonds is 8. The fraction of sp³-hybridized carbons (Fsp3) is 0.250. The van der Waals surface area contributed by atoms with E-state index in [9.17, 15) is 19.2 Å². The van der Waals surface area contributed by atoms with Gasteiger partial charge in [0, 0.05) is 13.1 Å². The van der Waals surface area contributed by atoms with Gasteiger partial charge in [-0.05, 0) is 41.5 Å². The van der Waals surface area contributed by atoms with Crippen LogP contribution in [0.3, 0.4) is 0 Å². The van der Waals surface area contributed by atoms with Crippen molar-refractivity contribution in [2.24, 2.45) is 5.92 Å². The number of nitrogens with zero attached hydrogens (tertiary/aromatic N) is 1. The first-order valence-corrected chi connectivity index (χ1v) is 11.6. The maximum atomic E-state index is 12.7. The molecule has 3 rings (SSSR count). The summed E-state index contributed by atoms with van der Waals surface area (Å²) in [5, 5.41) is 5.32. The summed E-state index contributed by atoms with van der Waals surface area (Å²) in [5.74, 6) is -1.44. The molecule has 0 unspecified atom stereocenters. The Morgan fingerprint density at radius 3 is 2.39 bits per heavy atom. The van der Waals surface area contributed by atoms with Crippen LogP contribution in [-0.2, 0) is 9.59 Å². The molecule has 1 atom stereocenters. The molecule has 2 aromatic carbocycles. The van der Waals surface area contributed by atoms with Crippen molar-refractivity contribution in [3.63, 3.8) is 0 Å². The minimum absolute atomic E-state index is 0.0335. The van der Waals surface area contributed by atoms with Crippen LogP contribution < -0.4 is 10.6 Å². The molecule has 0 aromatic heterocycles. The number of imide groups is 1. The van der Waals surface area contributed by atoms with Crippen LogP contribution in [0, 0.1) is 5.92 Å². The molecule has 4 amide bonds. The van der Waals surface area contributed by atoms with E-state index in [-0.39, 0.29) is 29.8 Å². The maximum absolute atomic E-state index is 12.7. The van der Waals surface area contributed by atoms with Gasteiger partial charge in [0.15, 0.2) is 0 Å². The standard InChI is InChI=1S/C24H24ClN3O4S/c1-15(2)20(27-21(29)17-10-6-7-11-18(17)25)22(30)26-12-13-28-23(31)19(33-24(28)32)14-16-8-4-3-5-9-16/h3-11,14-15,20H,12-13H2,1-2H3,(H,26,30)(H,27,29)/b19-14-/t20-/m0/s1. The highest BCUT2D eigenvalue weighted by atomic mass is 35.5. The van der Waals surface area contributed by atoms with Crippen LogP contribution >= 0.6 is 23.4 Å². The molecule has 1 heterocycles. The lowest BCUT2D eigenvalue weighted by Crippen LogP contribution is -2.51. The Hall–Kier alpha value is -3.10. The number of halogens is 1.